The number of benzene rings is 2. The first-order valence-electron chi connectivity index (χ1n) is 8.62. The molecule has 2 aromatic carbocycles. The molecule has 0 spiro atoms. The number of ketones is 2. The minimum atomic E-state index is -2.75. The van der Waals surface area contributed by atoms with E-state index in [1.165, 1.54) is 36.4 Å². The van der Waals surface area contributed by atoms with Crippen LogP contribution in [0.1, 0.15) is 38.6 Å². The molecule has 142 valence electrons. The average Bonchev–Trinajstić information content (AvgIpc) is 2.80. The van der Waals surface area contributed by atoms with Crippen molar-refractivity contribution in [1.29, 1.82) is 0 Å². The molecule has 5 rings (SSSR count). The third-order valence-corrected chi connectivity index (χ3v) is 6.15. The molecular weight excluding hydrogens is 368 g/mol. The van der Waals surface area contributed by atoms with Gasteiger partial charge in [-0.25, -0.2) is 0 Å². The highest BCUT2D eigenvalue weighted by molar-refractivity contribution is 6.25. The first-order valence-corrected chi connectivity index (χ1v) is 8.62. The van der Waals surface area contributed by atoms with Gasteiger partial charge in [-0.1, -0.05) is 24.3 Å². The maximum absolute atomic E-state index is 13.3. The van der Waals surface area contributed by atoms with Gasteiger partial charge >= 0.3 is 5.97 Å². The monoisotopic (exact) mass is 382 g/mol. The van der Waals surface area contributed by atoms with Crippen molar-refractivity contribution in [2.45, 2.75) is 23.5 Å². The maximum atomic E-state index is 13.3. The van der Waals surface area contributed by atoms with Crippen molar-refractivity contribution < 1.29 is 39.5 Å². The Morgan fingerprint density at radius 2 is 1.50 bits per heavy atom. The second kappa shape index (κ2) is 4.98. The molecule has 2 aromatic rings. The minimum Gasteiger partial charge on any atom is -0.507 e. The molecule has 4 N–H and O–H groups in total. The Morgan fingerprint density at radius 1 is 0.857 bits per heavy atom. The van der Waals surface area contributed by atoms with Crippen LogP contribution in [0.25, 0.3) is 0 Å². The van der Waals surface area contributed by atoms with Crippen LogP contribution >= 0.6 is 0 Å². The molecule has 1 fully saturated rings. The van der Waals surface area contributed by atoms with E-state index >= 15 is 0 Å². The Labute approximate surface area is 157 Å². The van der Waals surface area contributed by atoms with E-state index in [0.29, 0.717) is 0 Å². The number of carbonyl (C=O) groups is 3. The quantitative estimate of drug-likeness (QED) is 0.385. The number of ether oxygens (including phenoxy) is 1. The summed E-state index contributed by atoms with van der Waals surface area (Å²) in [6, 6.07) is 7.91. The number of Topliss-reactive ketones (excluding diaryl/α,β-unsaturated/α-hetero) is 2. The Balaban J connectivity index is 1.86. The summed E-state index contributed by atoms with van der Waals surface area (Å²) in [6.45, 7) is 0. The number of fused-ring (bicyclic) bond motifs is 8. The van der Waals surface area contributed by atoms with E-state index in [-0.39, 0.29) is 29.0 Å². The molecule has 0 radical (unpaired) electrons. The number of phenols is 2. The third kappa shape index (κ3) is 1.61. The molecule has 0 unspecified atom stereocenters. The zero-order chi connectivity index (χ0) is 20.0. The van der Waals surface area contributed by atoms with Gasteiger partial charge < -0.3 is 25.2 Å². The molecule has 1 heterocycles. The summed E-state index contributed by atoms with van der Waals surface area (Å²) in [5.41, 5.74) is -6.01. The molecular formula is C20H14O8. The van der Waals surface area contributed by atoms with Crippen molar-refractivity contribution in [1.82, 2.24) is 0 Å². The van der Waals surface area contributed by atoms with Gasteiger partial charge in [-0.15, -0.1) is 0 Å². The van der Waals surface area contributed by atoms with Gasteiger partial charge in [-0.05, 0) is 18.6 Å². The highest BCUT2D eigenvalue weighted by Gasteiger charge is 2.77. The average molecular weight is 382 g/mol. The topological polar surface area (TPSA) is 141 Å². The molecule has 28 heavy (non-hydrogen) atoms. The predicted octanol–water partition coefficient (Wildman–Crippen LogP) is 0.662. The molecule has 2 bridgehead atoms. The molecule has 1 aliphatic heterocycles. The molecule has 1 saturated carbocycles. The molecule has 3 aliphatic rings. The van der Waals surface area contributed by atoms with Crippen molar-refractivity contribution in [3.63, 3.8) is 0 Å². The molecule has 2 aliphatic carbocycles. The van der Waals surface area contributed by atoms with Gasteiger partial charge in [-0.3, -0.25) is 14.4 Å². The number of aromatic hydroxyl groups is 2. The second-order valence-corrected chi connectivity index (χ2v) is 7.35. The lowest BCUT2D eigenvalue weighted by Gasteiger charge is -2.45. The lowest BCUT2D eigenvalue weighted by molar-refractivity contribution is -0.154. The smallest absolute Gasteiger partial charge is 0.318 e. The minimum absolute atomic E-state index is 0.120. The first-order chi connectivity index (χ1) is 13.2. The normalized spacial score (nSPS) is 32.9. The molecule has 4 atom stereocenters. The van der Waals surface area contributed by atoms with Gasteiger partial charge in [0.1, 0.15) is 5.75 Å². The van der Waals surface area contributed by atoms with Crippen LogP contribution in [0, 0.1) is 5.92 Å². The highest BCUT2D eigenvalue weighted by atomic mass is 16.5. The van der Waals surface area contributed by atoms with Crippen molar-refractivity contribution >= 4 is 17.5 Å². The fourth-order valence-corrected chi connectivity index (χ4v) is 4.85. The lowest BCUT2D eigenvalue weighted by Crippen LogP contribution is -2.68. The Hall–Kier alpha value is -3.23. The second-order valence-electron chi connectivity index (χ2n) is 7.35. The number of aliphatic hydroxyl groups is 2. The van der Waals surface area contributed by atoms with E-state index in [0.717, 1.165) is 0 Å². The van der Waals surface area contributed by atoms with Crippen LogP contribution in [0.15, 0.2) is 36.4 Å². The number of rotatable bonds is 0. The maximum Gasteiger partial charge on any atom is 0.318 e. The summed E-state index contributed by atoms with van der Waals surface area (Å²) in [7, 11) is 0. The van der Waals surface area contributed by atoms with Crippen molar-refractivity contribution in [3.05, 3.63) is 53.1 Å². The lowest BCUT2D eigenvalue weighted by atomic mass is 9.63. The first kappa shape index (κ1) is 16.9. The van der Waals surface area contributed by atoms with Gasteiger partial charge in [-0.2, -0.15) is 0 Å². The van der Waals surface area contributed by atoms with Gasteiger partial charge in [0.25, 0.3) is 0 Å². The van der Waals surface area contributed by atoms with Crippen molar-refractivity contribution in [2.75, 3.05) is 0 Å². The summed E-state index contributed by atoms with van der Waals surface area (Å²) >= 11 is 0. The SMILES string of the molecule is O=C1Oc2c(O)cccc2[C@H]2C[C@@H]1[C@]1(O)C(=O)c3cccc(O)c3C(=O)[C@@]21O. The summed E-state index contributed by atoms with van der Waals surface area (Å²) in [4.78, 5) is 39.2. The molecule has 0 saturated heterocycles. The fraction of sp³-hybridized carbons (Fsp3) is 0.250. The van der Waals surface area contributed by atoms with Gasteiger partial charge in [0.05, 0.1) is 11.5 Å². The van der Waals surface area contributed by atoms with Crippen LogP contribution in [-0.2, 0) is 4.79 Å². The Morgan fingerprint density at radius 3 is 2.25 bits per heavy atom. The fourth-order valence-electron chi connectivity index (χ4n) is 4.85. The number of carbonyl (C=O) groups excluding carboxylic acids is 3. The van der Waals surface area contributed by atoms with Gasteiger partial charge in [0.2, 0.25) is 5.78 Å². The Bertz CT molecular complexity index is 1110. The predicted molar refractivity (Wildman–Crippen MR) is 91.3 cm³/mol. The zero-order valence-corrected chi connectivity index (χ0v) is 14.2. The number of esters is 1. The highest BCUT2D eigenvalue weighted by Crippen LogP contribution is 2.61. The largest absolute Gasteiger partial charge is 0.507 e. The summed E-state index contributed by atoms with van der Waals surface area (Å²) < 4.78 is 5.20. The van der Waals surface area contributed by atoms with E-state index in [9.17, 15) is 34.8 Å². The third-order valence-electron chi connectivity index (χ3n) is 6.15. The zero-order valence-electron chi connectivity index (χ0n) is 14.2. The van der Waals surface area contributed by atoms with Crippen LogP contribution in [0.3, 0.4) is 0 Å². The van der Waals surface area contributed by atoms with E-state index in [4.69, 9.17) is 4.74 Å². The number of phenolic OH excluding ortho intramolecular Hbond substituents is 2. The van der Waals surface area contributed by atoms with E-state index in [1.54, 1.807) is 0 Å². The molecule has 0 amide bonds. The Kier molecular flexibility index (Phi) is 3.00. The number of hydrogen-bond donors (Lipinski definition) is 4. The van der Waals surface area contributed by atoms with E-state index in [1.807, 2.05) is 0 Å². The standard InChI is InChI=1S/C20H14O8/c21-12-5-2-4-9-14(12)17(24)19(26)10-7-11(20(19,27)16(9)23)18(25)28-15-8(10)3-1-6-13(15)22/h1-6,10-11,21-22,26-27H,7H2/t10-,11+,19+,20+/m1/s1. The van der Waals surface area contributed by atoms with Crippen LogP contribution in [0.4, 0.5) is 0 Å². The van der Waals surface area contributed by atoms with Crippen LogP contribution < -0.4 is 4.74 Å². The molecule has 0 aromatic heterocycles. The number of para-hydroxylation sites is 1. The summed E-state index contributed by atoms with van der Waals surface area (Å²) in [5.74, 6) is -6.96. The molecule has 8 heteroatoms. The van der Waals surface area contributed by atoms with Crippen LogP contribution in [-0.4, -0.2) is 49.2 Å². The van der Waals surface area contributed by atoms with Gasteiger partial charge in [0.15, 0.2) is 28.5 Å². The van der Waals surface area contributed by atoms with E-state index < -0.39 is 51.9 Å². The van der Waals surface area contributed by atoms with E-state index in [2.05, 4.69) is 0 Å². The van der Waals surface area contributed by atoms with Gasteiger partial charge in [0, 0.05) is 17.0 Å². The van der Waals surface area contributed by atoms with Crippen LogP contribution in [0.2, 0.25) is 0 Å². The molecule has 8 nitrogen and oxygen atoms in total. The summed E-state index contributed by atoms with van der Waals surface area (Å²) in [5, 5.41) is 43.1. The van der Waals surface area contributed by atoms with Crippen molar-refractivity contribution in [2.24, 2.45) is 5.92 Å². The van der Waals surface area contributed by atoms with Crippen molar-refractivity contribution in [3.8, 4) is 17.2 Å². The van der Waals surface area contributed by atoms with Crippen LogP contribution in [0.5, 0.6) is 17.2 Å². The summed E-state index contributed by atoms with van der Waals surface area (Å²) in [6.07, 6.45) is -0.242. The number of hydrogen-bond acceptors (Lipinski definition) is 8.